The fraction of sp³-hybridized carbons (Fsp3) is 0.227. The Labute approximate surface area is 301 Å². The van der Waals surface area contributed by atoms with Gasteiger partial charge in [0, 0.05) is 0 Å². The second-order valence-corrected chi connectivity index (χ2v) is 13.2. The predicted octanol–water partition coefficient (Wildman–Crippen LogP) is 11.4. The molecule has 0 saturated carbocycles. The summed E-state index contributed by atoms with van der Waals surface area (Å²) < 4.78 is 0. The van der Waals surface area contributed by atoms with Gasteiger partial charge in [0.25, 0.3) is 0 Å². The van der Waals surface area contributed by atoms with Gasteiger partial charge in [0.15, 0.2) is 0 Å². The Morgan fingerprint density at radius 2 is 0.959 bits per heavy atom. The molecule has 2 aliphatic rings. The van der Waals surface area contributed by atoms with Crippen molar-refractivity contribution in [2.45, 2.75) is 67.7 Å². The summed E-state index contributed by atoms with van der Waals surface area (Å²) in [5.74, 6) is 0. The van der Waals surface area contributed by atoms with Crippen LogP contribution in [-0.4, -0.2) is 9.97 Å². The van der Waals surface area contributed by atoms with Crippen LogP contribution in [0.15, 0.2) is 78.9 Å². The summed E-state index contributed by atoms with van der Waals surface area (Å²) in [5, 5.41) is 4.89. The maximum atomic E-state index is 5.43. The molecule has 0 amide bonds. The van der Waals surface area contributed by atoms with E-state index in [4.69, 9.17) is 19.9 Å². The molecule has 2 aliphatic heterocycles. The molecule has 0 radical (unpaired) electrons. The molecule has 0 N–H and O–H groups in total. The minimum atomic E-state index is 0. The van der Waals surface area contributed by atoms with Crippen molar-refractivity contribution in [3.63, 3.8) is 0 Å². The Hall–Kier alpha value is -4.60. The number of aryl methyl sites for hydroxylation is 3. The van der Waals surface area contributed by atoms with E-state index in [1.165, 1.54) is 60.5 Å². The Morgan fingerprint density at radius 3 is 1.49 bits per heavy atom. The van der Waals surface area contributed by atoms with Crippen molar-refractivity contribution < 1.29 is 19.5 Å². The van der Waals surface area contributed by atoms with Crippen molar-refractivity contribution in [3.05, 3.63) is 118 Å². The van der Waals surface area contributed by atoms with E-state index in [1.807, 2.05) is 0 Å². The van der Waals surface area contributed by atoms with Crippen molar-refractivity contribution in [1.29, 1.82) is 0 Å². The van der Waals surface area contributed by atoms with Crippen LogP contribution in [0.4, 0.5) is 0 Å². The number of benzene rings is 3. The van der Waals surface area contributed by atoms with Crippen molar-refractivity contribution >= 4 is 65.9 Å². The number of allylic oxidation sites excluding steroid dienone is 4. The molecule has 4 nitrogen and oxygen atoms in total. The zero-order valence-electron chi connectivity index (χ0n) is 29.6. The van der Waals surface area contributed by atoms with Crippen molar-refractivity contribution in [3.8, 4) is 11.1 Å². The maximum Gasteiger partial charge on any atom is 2.00 e. The van der Waals surface area contributed by atoms with Crippen LogP contribution >= 0.6 is 0 Å². The fourth-order valence-electron chi connectivity index (χ4n) is 7.95. The Bertz CT molecular complexity index is 2500. The summed E-state index contributed by atoms with van der Waals surface area (Å²) in [6.45, 7) is 15.5. The monoisotopic (exact) mass is 688 g/mol. The molecule has 5 heteroatoms. The second kappa shape index (κ2) is 12.7. The van der Waals surface area contributed by atoms with Gasteiger partial charge in [-0.2, -0.15) is 0 Å². The number of rotatable bonds is 4. The van der Waals surface area contributed by atoms with Gasteiger partial charge in [0.2, 0.25) is 0 Å². The largest absolute Gasteiger partial charge is 2.00 e. The van der Waals surface area contributed by atoms with E-state index in [9.17, 15) is 0 Å². The normalized spacial score (nSPS) is 13.1. The first-order valence-corrected chi connectivity index (χ1v) is 17.3. The molecule has 49 heavy (non-hydrogen) atoms. The fourth-order valence-corrected chi connectivity index (χ4v) is 7.95. The molecule has 5 heterocycles. The maximum absolute atomic E-state index is 5.43. The smallest absolute Gasteiger partial charge is 0.657 e. The zero-order chi connectivity index (χ0) is 33.3. The molecule has 0 saturated heterocycles. The quantitative estimate of drug-likeness (QED) is 0.137. The van der Waals surface area contributed by atoms with E-state index in [2.05, 4.69) is 127 Å². The first-order valence-electron chi connectivity index (χ1n) is 17.3. The third kappa shape index (κ3) is 5.22. The number of hydrogen-bond donors (Lipinski definition) is 0. The first-order chi connectivity index (χ1) is 23.3. The van der Waals surface area contributed by atoms with Gasteiger partial charge in [0.05, 0.1) is 22.8 Å². The third-order valence-corrected chi connectivity index (χ3v) is 10.6. The molecule has 0 atom stereocenters. The molecule has 0 aliphatic carbocycles. The minimum Gasteiger partial charge on any atom is -0.657 e. The van der Waals surface area contributed by atoms with E-state index in [0.29, 0.717) is 0 Å². The van der Waals surface area contributed by atoms with Gasteiger partial charge in [-0.25, -0.2) is 9.97 Å². The van der Waals surface area contributed by atoms with Crippen molar-refractivity contribution in [2.75, 3.05) is 0 Å². The second-order valence-electron chi connectivity index (χ2n) is 13.2. The van der Waals surface area contributed by atoms with Gasteiger partial charge in [-0.1, -0.05) is 110 Å². The van der Waals surface area contributed by atoms with Crippen LogP contribution in [0.5, 0.6) is 0 Å². The van der Waals surface area contributed by atoms with E-state index in [0.717, 1.165) is 75.2 Å². The summed E-state index contributed by atoms with van der Waals surface area (Å²) in [6, 6.07) is 28.5. The molecular formula is C44H40N4Zn. The van der Waals surface area contributed by atoms with E-state index >= 15 is 0 Å². The van der Waals surface area contributed by atoms with Crippen LogP contribution in [-0.2, 0) is 25.9 Å². The van der Waals surface area contributed by atoms with Crippen LogP contribution in [0, 0.1) is 13.8 Å². The number of hydrogen-bond acceptors (Lipinski definition) is 2. The number of nitrogens with zero attached hydrogens (tertiary/aromatic N) is 4. The van der Waals surface area contributed by atoms with E-state index in [-0.39, 0.29) is 19.5 Å². The van der Waals surface area contributed by atoms with Gasteiger partial charge in [-0.3, -0.25) is 0 Å². The Kier molecular flexibility index (Phi) is 8.53. The van der Waals surface area contributed by atoms with Crippen molar-refractivity contribution in [1.82, 2.24) is 19.9 Å². The molecule has 0 spiro atoms. The van der Waals surface area contributed by atoms with Crippen LogP contribution in [0.2, 0.25) is 0 Å². The van der Waals surface area contributed by atoms with Gasteiger partial charge >= 0.3 is 19.5 Å². The van der Waals surface area contributed by atoms with Gasteiger partial charge in [-0.05, 0) is 108 Å². The molecule has 8 rings (SSSR count). The average Bonchev–Trinajstić information content (AvgIpc) is 3.76. The van der Waals surface area contributed by atoms with Gasteiger partial charge < -0.3 is 9.97 Å². The van der Waals surface area contributed by atoms with Gasteiger partial charge in [-0.15, -0.1) is 22.1 Å². The summed E-state index contributed by atoms with van der Waals surface area (Å²) in [7, 11) is 0. The van der Waals surface area contributed by atoms with E-state index in [1.54, 1.807) is 0 Å². The number of fused-ring (bicyclic) bond motifs is 10. The SMILES string of the molecule is CCC1=C(C)c2cc3[n-]c(cc4nc(cc5[n-]c(cc1n2)c(C)c5CC)C(C)=C4CC)c(C)c3-c1c2ccccc2cc2ccccc12.[Zn+2]. The van der Waals surface area contributed by atoms with Crippen LogP contribution in [0.1, 0.15) is 86.9 Å². The standard InChI is InChI=1S/C44H40N4.Zn/c1-8-30-24(4)35-21-40-32(10-3)26(6)37(47-40)23-42-43(44-33-17-13-11-15-28(33)19-29-16-12-14-18-34(29)44)27(7)38(48-42)22-41-31(9-2)25(5)36(46-41)20-39(30)45-35;/h11-23H,8-10H2,1-7H3;/q-2;+2. The van der Waals surface area contributed by atoms with Gasteiger partial charge in [0.1, 0.15) is 0 Å². The zero-order valence-corrected chi connectivity index (χ0v) is 32.6. The molecule has 0 unspecified atom stereocenters. The van der Waals surface area contributed by atoms with Crippen molar-refractivity contribution in [2.24, 2.45) is 0 Å². The third-order valence-electron chi connectivity index (χ3n) is 10.6. The number of aromatic nitrogens is 4. The first kappa shape index (κ1) is 32.9. The average molecular weight is 690 g/mol. The summed E-state index contributed by atoms with van der Waals surface area (Å²) in [5.41, 5.74) is 18.8. The van der Waals surface area contributed by atoms with E-state index < -0.39 is 0 Å². The molecule has 6 aromatic rings. The predicted molar refractivity (Wildman–Crippen MR) is 204 cm³/mol. The Morgan fingerprint density at radius 1 is 0.490 bits per heavy atom. The summed E-state index contributed by atoms with van der Waals surface area (Å²) in [4.78, 5) is 21.2. The topological polar surface area (TPSA) is 54.0 Å². The molecule has 3 aromatic heterocycles. The molecule has 238 valence electrons. The molecule has 3 aromatic carbocycles. The van der Waals surface area contributed by atoms with Crippen LogP contribution in [0.25, 0.3) is 77.0 Å². The summed E-state index contributed by atoms with van der Waals surface area (Å²) in [6.07, 6.45) is 2.70. The Balaban J connectivity index is 0.00000378. The minimum absolute atomic E-state index is 0. The molecule has 8 bridgehead atoms. The molecular weight excluding hydrogens is 650 g/mol. The van der Waals surface area contributed by atoms with Crippen LogP contribution in [0.3, 0.4) is 0 Å². The molecule has 0 fully saturated rings. The summed E-state index contributed by atoms with van der Waals surface area (Å²) >= 11 is 0. The van der Waals surface area contributed by atoms with Crippen LogP contribution < -0.4 is 9.97 Å².